The molecule has 0 radical (unpaired) electrons. The highest BCUT2D eigenvalue weighted by atomic mass is 32.2. The molecular weight excluding hydrogens is 240 g/mol. The van der Waals surface area contributed by atoms with Crippen molar-refractivity contribution in [2.24, 2.45) is 0 Å². The summed E-state index contributed by atoms with van der Waals surface area (Å²) in [5.74, 6) is 0.279. The Labute approximate surface area is 103 Å². The van der Waals surface area contributed by atoms with Crippen molar-refractivity contribution >= 4 is 23.7 Å². The average Bonchev–Trinajstić information content (AvgIpc) is 2.35. The summed E-state index contributed by atoms with van der Waals surface area (Å²) in [4.78, 5) is 22.2. The molecule has 90 valence electrons. The van der Waals surface area contributed by atoms with Crippen molar-refractivity contribution in [3.63, 3.8) is 0 Å². The van der Waals surface area contributed by atoms with Gasteiger partial charge in [-0.3, -0.25) is 0 Å². The predicted molar refractivity (Wildman–Crippen MR) is 63.4 cm³/mol. The van der Waals surface area contributed by atoms with E-state index in [1.54, 1.807) is 11.8 Å². The van der Waals surface area contributed by atoms with Gasteiger partial charge in [0.1, 0.15) is 0 Å². The zero-order valence-electron chi connectivity index (χ0n) is 9.13. The number of cyclic esters (lactones) is 2. The lowest BCUT2D eigenvalue weighted by molar-refractivity contribution is -0.182. The van der Waals surface area contributed by atoms with Crippen LogP contribution in [0.3, 0.4) is 0 Å². The Bertz CT molecular complexity index is 404. The van der Waals surface area contributed by atoms with Gasteiger partial charge in [-0.05, 0) is 5.56 Å². The molecule has 0 saturated carbocycles. The van der Waals surface area contributed by atoms with Crippen LogP contribution >= 0.6 is 11.8 Å². The van der Waals surface area contributed by atoms with Crippen LogP contribution in [0.2, 0.25) is 0 Å². The summed E-state index contributed by atoms with van der Waals surface area (Å²) in [6, 6.07) is 9.90. The number of thioether (sulfide) groups is 1. The molecule has 0 aromatic heterocycles. The third-order valence-corrected chi connectivity index (χ3v) is 3.33. The van der Waals surface area contributed by atoms with Crippen molar-refractivity contribution in [2.45, 2.75) is 11.9 Å². The molecule has 1 fully saturated rings. The van der Waals surface area contributed by atoms with Gasteiger partial charge in [-0.15, -0.1) is 0 Å². The second-order valence-corrected chi connectivity index (χ2v) is 4.62. The Balaban J connectivity index is 1.78. The second-order valence-electron chi connectivity index (χ2n) is 3.59. The molecular formula is C12H12O4S. The van der Waals surface area contributed by atoms with Gasteiger partial charge >= 0.3 is 11.9 Å². The van der Waals surface area contributed by atoms with Crippen molar-refractivity contribution in [1.29, 1.82) is 0 Å². The molecule has 1 aromatic rings. The molecule has 0 N–H and O–H groups in total. The minimum absolute atomic E-state index is 0.265. The minimum Gasteiger partial charge on any atom is -0.451 e. The number of ether oxygens (including phenoxy) is 2. The maximum Gasteiger partial charge on any atom is 0.348 e. The fourth-order valence-corrected chi connectivity index (χ4v) is 2.39. The summed E-state index contributed by atoms with van der Waals surface area (Å²) in [7, 11) is 0. The number of hydrogen-bond acceptors (Lipinski definition) is 5. The van der Waals surface area contributed by atoms with Crippen LogP contribution in [-0.4, -0.2) is 30.4 Å². The molecule has 17 heavy (non-hydrogen) atoms. The van der Waals surface area contributed by atoms with Crippen LogP contribution in [0.5, 0.6) is 0 Å². The van der Waals surface area contributed by atoms with E-state index in [0.29, 0.717) is 5.75 Å². The summed E-state index contributed by atoms with van der Waals surface area (Å²) in [6.07, 6.45) is -0.759. The van der Waals surface area contributed by atoms with Crippen molar-refractivity contribution in [3.8, 4) is 0 Å². The van der Waals surface area contributed by atoms with Crippen LogP contribution in [0.25, 0.3) is 0 Å². The highest BCUT2D eigenvalue weighted by Crippen LogP contribution is 2.16. The van der Waals surface area contributed by atoms with Gasteiger partial charge in [-0.2, -0.15) is 11.8 Å². The number of carbonyl (C=O) groups is 2. The van der Waals surface area contributed by atoms with Crippen LogP contribution in [0.15, 0.2) is 30.3 Å². The highest BCUT2D eigenvalue weighted by molar-refractivity contribution is 7.98. The normalized spacial score (nSPS) is 19.6. The lowest BCUT2D eigenvalue weighted by Crippen LogP contribution is -2.39. The quantitative estimate of drug-likeness (QED) is 0.758. The van der Waals surface area contributed by atoms with Crippen molar-refractivity contribution in [2.75, 3.05) is 12.4 Å². The van der Waals surface area contributed by atoms with Gasteiger partial charge in [0.05, 0.1) is 0 Å². The van der Waals surface area contributed by atoms with E-state index >= 15 is 0 Å². The lowest BCUT2D eigenvalue weighted by atomic mass is 10.2. The molecule has 1 saturated heterocycles. The van der Waals surface area contributed by atoms with Crippen LogP contribution in [-0.2, 0) is 24.8 Å². The zero-order chi connectivity index (χ0) is 12.1. The lowest BCUT2D eigenvalue weighted by Gasteiger charge is -2.20. The van der Waals surface area contributed by atoms with Gasteiger partial charge in [0, 0.05) is 11.5 Å². The average molecular weight is 252 g/mol. The Morgan fingerprint density at radius 3 is 2.76 bits per heavy atom. The largest absolute Gasteiger partial charge is 0.451 e. The van der Waals surface area contributed by atoms with E-state index in [1.807, 2.05) is 30.3 Å². The second kappa shape index (κ2) is 5.72. The number of esters is 2. The summed E-state index contributed by atoms with van der Waals surface area (Å²) in [6.45, 7) is -0.265. The minimum atomic E-state index is -0.759. The third-order valence-electron chi connectivity index (χ3n) is 2.25. The molecule has 1 heterocycles. The van der Waals surface area contributed by atoms with E-state index < -0.39 is 18.0 Å². The number of hydrogen-bond donors (Lipinski definition) is 0. The van der Waals surface area contributed by atoms with E-state index in [0.717, 1.165) is 5.75 Å². The van der Waals surface area contributed by atoms with Crippen LogP contribution < -0.4 is 0 Å². The first-order chi connectivity index (χ1) is 8.25. The zero-order valence-corrected chi connectivity index (χ0v) is 9.94. The molecule has 5 heteroatoms. The molecule has 0 bridgehead atoms. The predicted octanol–water partition coefficient (Wildman–Crippen LogP) is 1.39. The Hall–Kier alpha value is -1.49. The Morgan fingerprint density at radius 2 is 2.00 bits per heavy atom. The van der Waals surface area contributed by atoms with Gasteiger partial charge in [0.25, 0.3) is 0 Å². The smallest absolute Gasteiger partial charge is 0.348 e. The van der Waals surface area contributed by atoms with Crippen molar-refractivity contribution in [1.82, 2.24) is 0 Å². The monoisotopic (exact) mass is 252 g/mol. The molecule has 0 spiro atoms. The SMILES string of the molecule is O=C1COC(=O)C(CSCc2ccccc2)O1. The van der Waals surface area contributed by atoms with Gasteiger partial charge < -0.3 is 9.47 Å². The summed E-state index contributed by atoms with van der Waals surface area (Å²) in [5.41, 5.74) is 1.17. The van der Waals surface area contributed by atoms with Gasteiger partial charge in [-0.1, -0.05) is 30.3 Å². The Morgan fingerprint density at radius 1 is 1.24 bits per heavy atom. The van der Waals surface area contributed by atoms with Gasteiger partial charge in [0.2, 0.25) is 6.10 Å². The van der Waals surface area contributed by atoms with Crippen molar-refractivity contribution < 1.29 is 19.1 Å². The molecule has 4 nitrogen and oxygen atoms in total. The molecule has 1 aliphatic heterocycles. The first-order valence-corrected chi connectivity index (χ1v) is 6.39. The van der Waals surface area contributed by atoms with Gasteiger partial charge in [-0.25, -0.2) is 9.59 Å². The summed E-state index contributed by atoms with van der Waals surface area (Å²) < 4.78 is 9.58. The van der Waals surface area contributed by atoms with Gasteiger partial charge in [0.15, 0.2) is 6.61 Å². The molecule has 1 atom stereocenters. The van der Waals surface area contributed by atoms with E-state index in [9.17, 15) is 9.59 Å². The van der Waals surface area contributed by atoms with E-state index in [4.69, 9.17) is 4.74 Å². The maximum atomic E-state index is 11.3. The summed E-state index contributed by atoms with van der Waals surface area (Å²) >= 11 is 1.54. The first kappa shape index (κ1) is 12.0. The maximum absolute atomic E-state index is 11.3. The van der Waals surface area contributed by atoms with E-state index in [-0.39, 0.29) is 6.61 Å². The number of benzene rings is 1. The fourth-order valence-electron chi connectivity index (χ4n) is 1.42. The topological polar surface area (TPSA) is 52.6 Å². The van der Waals surface area contributed by atoms with Crippen molar-refractivity contribution in [3.05, 3.63) is 35.9 Å². The van der Waals surface area contributed by atoms with Crippen LogP contribution in [0.1, 0.15) is 5.56 Å². The number of rotatable bonds is 4. The number of carbonyl (C=O) groups excluding carboxylic acids is 2. The fraction of sp³-hybridized carbons (Fsp3) is 0.333. The standard InChI is InChI=1S/C12H12O4S/c13-11-6-15-12(14)10(16-11)8-17-7-9-4-2-1-3-5-9/h1-5,10H,6-8H2. The van der Waals surface area contributed by atoms with Crippen LogP contribution in [0.4, 0.5) is 0 Å². The Kier molecular flexibility index (Phi) is 4.03. The highest BCUT2D eigenvalue weighted by Gasteiger charge is 2.30. The third kappa shape index (κ3) is 3.49. The molecule has 2 rings (SSSR count). The summed E-state index contributed by atoms with van der Waals surface area (Å²) in [5, 5.41) is 0. The van der Waals surface area contributed by atoms with E-state index in [2.05, 4.69) is 4.74 Å². The van der Waals surface area contributed by atoms with Crippen LogP contribution in [0, 0.1) is 0 Å². The molecule has 0 aliphatic carbocycles. The first-order valence-electron chi connectivity index (χ1n) is 5.23. The van der Waals surface area contributed by atoms with E-state index in [1.165, 1.54) is 5.56 Å². The molecule has 1 aliphatic rings. The molecule has 0 amide bonds. The molecule has 1 unspecified atom stereocenters. The molecule has 1 aromatic carbocycles.